The Morgan fingerprint density at radius 3 is 2.87 bits per heavy atom. The van der Waals surface area contributed by atoms with Crippen LogP contribution < -0.4 is 9.64 Å². The minimum absolute atomic E-state index is 0.151. The van der Waals surface area contributed by atoms with E-state index in [-0.39, 0.29) is 24.5 Å². The first-order valence-electron chi connectivity index (χ1n) is 6.69. The standard InChI is InChI=1S/C15H11FN2O5/c16-9-4-5-11-13(8-9)23-7-6-17(11)15(20)10-2-1-3-12(14(10)19)18(21)22/h1-5,8,19H,6-7H2. The Morgan fingerprint density at radius 2 is 2.13 bits per heavy atom. The van der Waals surface area contributed by atoms with Crippen LogP contribution in [-0.4, -0.2) is 29.1 Å². The van der Waals surface area contributed by atoms with Gasteiger partial charge in [-0.3, -0.25) is 14.9 Å². The SMILES string of the molecule is O=C(c1cccc([N+](=O)[O-])c1O)N1CCOc2cc(F)ccc21. The average Bonchev–Trinajstić information content (AvgIpc) is 2.53. The summed E-state index contributed by atoms with van der Waals surface area (Å²) in [5, 5.41) is 20.8. The molecule has 8 heteroatoms. The number of anilines is 1. The topological polar surface area (TPSA) is 92.9 Å². The largest absolute Gasteiger partial charge is 0.502 e. The summed E-state index contributed by atoms with van der Waals surface area (Å²) in [5.74, 6) is -1.62. The van der Waals surface area contributed by atoms with E-state index < -0.39 is 28.1 Å². The fourth-order valence-electron chi connectivity index (χ4n) is 2.40. The second kappa shape index (κ2) is 5.56. The van der Waals surface area contributed by atoms with Crippen molar-refractivity contribution in [1.29, 1.82) is 0 Å². The zero-order valence-corrected chi connectivity index (χ0v) is 11.7. The molecule has 0 fully saturated rings. The lowest BCUT2D eigenvalue weighted by Gasteiger charge is -2.29. The summed E-state index contributed by atoms with van der Waals surface area (Å²) < 4.78 is 18.6. The van der Waals surface area contributed by atoms with Crippen molar-refractivity contribution in [2.45, 2.75) is 0 Å². The molecule has 0 unspecified atom stereocenters. The molecule has 23 heavy (non-hydrogen) atoms. The molecule has 1 amide bonds. The van der Waals surface area contributed by atoms with Crippen LogP contribution in [0.2, 0.25) is 0 Å². The highest BCUT2D eigenvalue weighted by molar-refractivity contribution is 6.09. The molecule has 2 aromatic rings. The molecule has 1 heterocycles. The third-order valence-corrected chi connectivity index (χ3v) is 3.47. The molecule has 0 bridgehead atoms. The Labute approximate surface area is 129 Å². The summed E-state index contributed by atoms with van der Waals surface area (Å²) in [4.78, 5) is 24.0. The lowest BCUT2D eigenvalue weighted by Crippen LogP contribution is -2.38. The Kier molecular flexibility index (Phi) is 3.57. The van der Waals surface area contributed by atoms with Gasteiger partial charge in [-0.25, -0.2) is 4.39 Å². The molecule has 1 aliphatic heterocycles. The average molecular weight is 318 g/mol. The van der Waals surface area contributed by atoms with E-state index in [1.165, 1.54) is 29.2 Å². The maximum Gasteiger partial charge on any atom is 0.311 e. The zero-order chi connectivity index (χ0) is 16.6. The number of phenols is 1. The van der Waals surface area contributed by atoms with E-state index in [0.717, 1.165) is 12.1 Å². The van der Waals surface area contributed by atoms with Gasteiger partial charge in [0.15, 0.2) is 0 Å². The number of halogens is 1. The molecule has 0 aliphatic carbocycles. The van der Waals surface area contributed by atoms with Gasteiger partial charge >= 0.3 is 5.69 Å². The summed E-state index contributed by atoms with van der Waals surface area (Å²) >= 11 is 0. The van der Waals surface area contributed by atoms with Gasteiger partial charge in [0.1, 0.15) is 18.2 Å². The van der Waals surface area contributed by atoms with Crippen LogP contribution in [0.5, 0.6) is 11.5 Å². The Hall–Kier alpha value is -3.16. The fourth-order valence-corrected chi connectivity index (χ4v) is 2.40. The van der Waals surface area contributed by atoms with Crippen LogP contribution in [0.1, 0.15) is 10.4 Å². The van der Waals surface area contributed by atoms with Gasteiger partial charge in [0.25, 0.3) is 5.91 Å². The first-order valence-corrected chi connectivity index (χ1v) is 6.69. The molecule has 118 valence electrons. The van der Waals surface area contributed by atoms with Gasteiger partial charge in [-0.05, 0) is 18.2 Å². The lowest BCUT2D eigenvalue weighted by atomic mass is 10.1. The Balaban J connectivity index is 2.03. The first-order chi connectivity index (χ1) is 11.0. The van der Waals surface area contributed by atoms with Crippen LogP contribution in [0.25, 0.3) is 0 Å². The number of hydrogen-bond donors (Lipinski definition) is 1. The number of hydrogen-bond acceptors (Lipinski definition) is 5. The minimum atomic E-state index is -0.769. The van der Waals surface area contributed by atoms with E-state index in [1.807, 2.05) is 0 Å². The quantitative estimate of drug-likeness (QED) is 0.678. The van der Waals surface area contributed by atoms with Gasteiger partial charge in [-0.15, -0.1) is 0 Å². The van der Waals surface area contributed by atoms with Crippen molar-refractivity contribution in [3.05, 3.63) is 57.9 Å². The number of carbonyl (C=O) groups excluding carboxylic acids is 1. The monoisotopic (exact) mass is 318 g/mol. The Bertz CT molecular complexity index is 808. The zero-order valence-electron chi connectivity index (χ0n) is 11.7. The highest BCUT2D eigenvalue weighted by Crippen LogP contribution is 2.36. The van der Waals surface area contributed by atoms with Gasteiger partial charge in [0.2, 0.25) is 5.75 Å². The molecule has 0 spiro atoms. The van der Waals surface area contributed by atoms with E-state index in [1.54, 1.807) is 0 Å². The van der Waals surface area contributed by atoms with Crippen molar-refractivity contribution in [1.82, 2.24) is 0 Å². The highest BCUT2D eigenvalue weighted by Gasteiger charge is 2.29. The van der Waals surface area contributed by atoms with Crippen molar-refractivity contribution in [3.63, 3.8) is 0 Å². The maximum atomic E-state index is 13.3. The number of nitro benzene ring substituents is 1. The highest BCUT2D eigenvalue weighted by atomic mass is 19.1. The molecule has 1 aliphatic rings. The molecule has 0 saturated heterocycles. The van der Waals surface area contributed by atoms with Gasteiger partial charge < -0.3 is 14.7 Å². The molecule has 7 nitrogen and oxygen atoms in total. The fraction of sp³-hybridized carbons (Fsp3) is 0.133. The number of para-hydroxylation sites is 1. The minimum Gasteiger partial charge on any atom is -0.502 e. The van der Waals surface area contributed by atoms with E-state index in [4.69, 9.17) is 4.74 Å². The number of amides is 1. The maximum absolute atomic E-state index is 13.3. The number of phenolic OH excluding ortho intramolecular Hbond substituents is 1. The number of fused-ring (bicyclic) bond motifs is 1. The predicted molar refractivity (Wildman–Crippen MR) is 78.3 cm³/mol. The summed E-state index contributed by atoms with van der Waals surface area (Å²) in [5.41, 5.74) is -0.409. The number of benzene rings is 2. The van der Waals surface area contributed by atoms with E-state index in [9.17, 15) is 24.4 Å². The predicted octanol–water partition coefficient (Wildman–Crippen LogP) is 2.48. The molecule has 1 N–H and O–H groups in total. The first kappa shape index (κ1) is 14.8. The molecule has 0 saturated carbocycles. The van der Waals surface area contributed by atoms with Crippen molar-refractivity contribution in [3.8, 4) is 11.5 Å². The van der Waals surface area contributed by atoms with Crippen molar-refractivity contribution in [2.24, 2.45) is 0 Å². The Morgan fingerprint density at radius 1 is 1.35 bits per heavy atom. The number of nitrogens with zero attached hydrogens (tertiary/aromatic N) is 2. The third kappa shape index (κ3) is 2.54. The normalized spacial score (nSPS) is 13.2. The summed E-state index contributed by atoms with van der Waals surface area (Å²) in [6, 6.07) is 7.44. The molecular formula is C15H11FN2O5. The second-order valence-corrected chi connectivity index (χ2v) is 4.85. The lowest BCUT2D eigenvalue weighted by molar-refractivity contribution is -0.385. The van der Waals surface area contributed by atoms with Gasteiger partial charge in [-0.1, -0.05) is 6.07 Å². The van der Waals surface area contributed by atoms with E-state index in [0.29, 0.717) is 5.69 Å². The molecule has 0 aromatic heterocycles. The number of aromatic hydroxyl groups is 1. The van der Waals surface area contributed by atoms with Crippen LogP contribution >= 0.6 is 0 Å². The molecule has 0 radical (unpaired) electrons. The third-order valence-electron chi connectivity index (χ3n) is 3.47. The molecular weight excluding hydrogens is 307 g/mol. The summed E-state index contributed by atoms with van der Waals surface area (Å²) in [6.45, 7) is 0.331. The number of nitro groups is 1. The number of carbonyl (C=O) groups is 1. The van der Waals surface area contributed by atoms with Crippen molar-refractivity contribution in [2.75, 3.05) is 18.1 Å². The van der Waals surface area contributed by atoms with Gasteiger partial charge in [0, 0.05) is 12.1 Å². The second-order valence-electron chi connectivity index (χ2n) is 4.85. The molecule has 2 aromatic carbocycles. The van der Waals surface area contributed by atoms with Crippen LogP contribution in [0, 0.1) is 15.9 Å². The summed E-state index contributed by atoms with van der Waals surface area (Å²) in [6.07, 6.45) is 0. The van der Waals surface area contributed by atoms with Crippen LogP contribution in [0.15, 0.2) is 36.4 Å². The van der Waals surface area contributed by atoms with E-state index >= 15 is 0 Å². The van der Waals surface area contributed by atoms with Crippen molar-refractivity contribution >= 4 is 17.3 Å². The van der Waals surface area contributed by atoms with Gasteiger partial charge in [-0.2, -0.15) is 0 Å². The van der Waals surface area contributed by atoms with Crippen LogP contribution in [0.3, 0.4) is 0 Å². The summed E-state index contributed by atoms with van der Waals surface area (Å²) in [7, 11) is 0. The van der Waals surface area contributed by atoms with E-state index in [2.05, 4.69) is 0 Å². The van der Waals surface area contributed by atoms with Crippen molar-refractivity contribution < 1.29 is 24.0 Å². The van der Waals surface area contributed by atoms with Crippen LogP contribution in [-0.2, 0) is 0 Å². The number of ether oxygens (including phenoxy) is 1. The smallest absolute Gasteiger partial charge is 0.311 e. The number of rotatable bonds is 2. The molecule has 0 atom stereocenters. The van der Waals surface area contributed by atoms with Gasteiger partial charge in [0.05, 0.1) is 22.7 Å². The van der Waals surface area contributed by atoms with Crippen LogP contribution in [0.4, 0.5) is 15.8 Å². The molecule has 3 rings (SSSR count).